The molecule has 0 radical (unpaired) electrons. The fourth-order valence-corrected chi connectivity index (χ4v) is 4.19. The third-order valence-corrected chi connectivity index (χ3v) is 6.06. The van der Waals surface area contributed by atoms with E-state index in [9.17, 15) is 9.59 Å². The van der Waals surface area contributed by atoms with Gasteiger partial charge in [0.1, 0.15) is 18.0 Å². The summed E-state index contributed by atoms with van der Waals surface area (Å²) in [4.78, 5) is 34.0. The number of rotatable bonds is 6. The van der Waals surface area contributed by atoms with Crippen LogP contribution >= 0.6 is 11.6 Å². The standard InChI is InChI=1S/C24H28ClN3O5/c1-18-5-6-19(15-26-18)23(30)28-9-12-33-24(16-28,14-22(29)27-7-10-31-11-8-27)17-32-21-4-2-3-20(25)13-21/h2-6,13,15H,7-12,14,16-17H2,1H3. The van der Waals surface area contributed by atoms with Gasteiger partial charge in [0.25, 0.3) is 5.91 Å². The molecule has 2 aromatic rings. The van der Waals surface area contributed by atoms with Gasteiger partial charge in [-0.1, -0.05) is 17.7 Å². The zero-order chi connectivity index (χ0) is 23.3. The van der Waals surface area contributed by atoms with Crippen LogP contribution in [-0.4, -0.2) is 84.8 Å². The molecular formula is C24H28ClN3O5. The van der Waals surface area contributed by atoms with Crippen molar-refractivity contribution in [2.45, 2.75) is 18.9 Å². The molecular weight excluding hydrogens is 446 g/mol. The Hall–Kier alpha value is -2.68. The summed E-state index contributed by atoms with van der Waals surface area (Å²) in [5, 5.41) is 0.555. The highest BCUT2D eigenvalue weighted by molar-refractivity contribution is 6.30. The fourth-order valence-electron chi connectivity index (χ4n) is 4.01. The predicted molar refractivity (Wildman–Crippen MR) is 123 cm³/mol. The number of carbonyl (C=O) groups excluding carboxylic acids is 2. The van der Waals surface area contributed by atoms with E-state index in [2.05, 4.69) is 4.98 Å². The molecule has 9 heteroatoms. The average molecular weight is 474 g/mol. The molecule has 0 spiro atoms. The van der Waals surface area contributed by atoms with Gasteiger partial charge in [-0.25, -0.2) is 0 Å². The van der Waals surface area contributed by atoms with Crippen molar-refractivity contribution in [3.8, 4) is 5.75 Å². The number of pyridine rings is 1. The van der Waals surface area contributed by atoms with Gasteiger partial charge in [0.05, 0.1) is 38.3 Å². The van der Waals surface area contributed by atoms with Gasteiger partial charge in [0.2, 0.25) is 5.91 Å². The first kappa shape index (κ1) is 23.5. The minimum Gasteiger partial charge on any atom is -0.490 e. The van der Waals surface area contributed by atoms with Crippen LogP contribution in [0, 0.1) is 6.92 Å². The number of morpholine rings is 2. The van der Waals surface area contributed by atoms with Gasteiger partial charge >= 0.3 is 0 Å². The molecule has 3 heterocycles. The Kier molecular flexibility index (Phi) is 7.47. The highest BCUT2D eigenvalue weighted by atomic mass is 35.5. The number of hydrogen-bond donors (Lipinski definition) is 0. The Balaban J connectivity index is 1.53. The van der Waals surface area contributed by atoms with Gasteiger partial charge in [0, 0.05) is 36.5 Å². The lowest BCUT2D eigenvalue weighted by atomic mass is 9.96. The third-order valence-electron chi connectivity index (χ3n) is 5.83. The number of benzene rings is 1. The summed E-state index contributed by atoms with van der Waals surface area (Å²) in [5.41, 5.74) is 0.365. The smallest absolute Gasteiger partial charge is 0.255 e. The lowest BCUT2D eigenvalue weighted by molar-refractivity contribution is -0.155. The Morgan fingerprint density at radius 1 is 1.12 bits per heavy atom. The number of aromatic nitrogens is 1. The molecule has 1 aromatic carbocycles. The molecule has 2 fully saturated rings. The molecule has 0 N–H and O–H groups in total. The Labute approximate surface area is 198 Å². The molecule has 2 saturated heterocycles. The minimum atomic E-state index is -0.982. The SMILES string of the molecule is Cc1ccc(C(=O)N2CCOC(COc3cccc(Cl)c3)(CC(=O)N3CCOCC3)C2)cn1. The molecule has 0 saturated carbocycles. The van der Waals surface area contributed by atoms with Crippen molar-refractivity contribution >= 4 is 23.4 Å². The van der Waals surface area contributed by atoms with Gasteiger partial charge in [-0.2, -0.15) is 0 Å². The monoisotopic (exact) mass is 473 g/mol. The molecule has 2 aliphatic rings. The van der Waals surface area contributed by atoms with Gasteiger partial charge in [-0.05, 0) is 37.3 Å². The average Bonchev–Trinajstić information content (AvgIpc) is 2.84. The van der Waals surface area contributed by atoms with Crippen molar-refractivity contribution in [2.75, 3.05) is 52.6 Å². The second-order valence-electron chi connectivity index (χ2n) is 8.36. The predicted octanol–water partition coefficient (Wildman–Crippen LogP) is 2.58. The topological polar surface area (TPSA) is 81.2 Å². The molecule has 8 nitrogen and oxygen atoms in total. The van der Waals surface area contributed by atoms with Crippen LogP contribution in [0.4, 0.5) is 0 Å². The second kappa shape index (κ2) is 10.5. The summed E-state index contributed by atoms with van der Waals surface area (Å²) in [6, 6.07) is 10.6. The van der Waals surface area contributed by atoms with Crippen LogP contribution in [0.3, 0.4) is 0 Å². The van der Waals surface area contributed by atoms with E-state index in [1.54, 1.807) is 46.3 Å². The Morgan fingerprint density at radius 3 is 2.64 bits per heavy atom. The molecule has 0 bridgehead atoms. The number of hydrogen-bond acceptors (Lipinski definition) is 6. The zero-order valence-corrected chi connectivity index (χ0v) is 19.4. The molecule has 2 amide bonds. The first-order valence-corrected chi connectivity index (χ1v) is 11.4. The van der Waals surface area contributed by atoms with Crippen LogP contribution in [0.15, 0.2) is 42.6 Å². The van der Waals surface area contributed by atoms with E-state index >= 15 is 0 Å². The summed E-state index contributed by atoms with van der Waals surface area (Å²) in [6.07, 6.45) is 1.68. The number of amides is 2. The van der Waals surface area contributed by atoms with Crippen LogP contribution < -0.4 is 4.74 Å². The van der Waals surface area contributed by atoms with Gasteiger partial charge < -0.3 is 24.0 Å². The molecule has 1 aromatic heterocycles. The molecule has 0 aliphatic carbocycles. The minimum absolute atomic E-state index is 0.0423. The van der Waals surface area contributed by atoms with Crippen molar-refractivity contribution < 1.29 is 23.8 Å². The Morgan fingerprint density at radius 2 is 1.91 bits per heavy atom. The first-order valence-electron chi connectivity index (χ1n) is 11.0. The molecule has 33 heavy (non-hydrogen) atoms. The maximum Gasteiger partial charge on any atom is 0.255 e. The lowest BCUT2D eigenvalue weighted by Crippen LogP contribution is -2.58. The van der Waals surface area contributed by atoms with E-state index in [-0.39, 0.29) is 31.4 Å². The Bertz CT molecular complexity index is 980. The number of carbonyl (C=O) groups is 2. The van der Waals surface area contributed by atoms with Crippen LogP contribution in [0.1, 0.15) is 22.5 Å². The maximum atomic E-state index is 13.2. The molecule has 4 rings (SSSR count). The van der Waals surface area contributed by atoms with Crippen molar-refractivity contribution in [1.82, 2.24) is 14.8 Å². The second-order valence-corrected chi connectivity index (χ2v) is 8.80. The van der Waals surface area contributed by atoms with E-state index in [1.807, 2.05) is 13.0 Å². The number of ether oxygens (including phenoxy) is 3. The van der Waals surface area contributed by atoms with Crippen LogP contribution in [0.5, 0.6) is 5.75 Å². The summed E-state index contributed by atoms with van der Waals surface area (Å²) in [7, 11) is 0. The van der Waals surface area contributed by atoms with E-state index < -0.39 is 5.60 Å². The summed E-state index contributed by atoms with van der Waals surface area (Å²) in [6.45, 7) is 5.07. The molecule has 1 unspecified atom stereocenters. The highest BCUT2D eigenvalue weighted by Crippen LogP contribution is 2.27. The van der Waals surface area contributed by atoms with Crippen LogP contribution in [-0.2, 0) is 14.3 Å². The molecule has 2 aliphatic heterocycles. The quantitative estimate of drug-likeness (QED) is 0.641. The summed E-state index contributed by atoms with van der Waals surface area (Å²) >= 11 is 6.09. The van der Waals surface area contributed by atoms with Crippen LogP contribution in [0.25, 0.3) is 0 Å². The van der Waals surface area contributed by atoms with Gasteiger partial charge in [0.15, 0.2) is 0 Å². The van der Waals surface area contributed by atoms with Crippen molar-refractivity contribution in [3.05, 3.63) is 58.9 Å². The van der Waals surface area contributed by atoms with Crippen molar-refractivity contribution in [1.29, 1.82) is 0 Å². The summed E-state index contributed by atoms with van der Waals surface area (Å²) in [5.74, 6) is 0.395. The van der Waals surface area contributed by atoms with Crippen molar-refractivity contribution in [3.63, 3.8) is 0 Å². The third kappa shape index (κ3) is 6.01. The van der Waals surface area contributed by atoms with Gasteiger partial charge in [-0.3, -0.25) is 14.6 Å². The van der Waals surface area contributed by atoms with E-state index in [0.717, 1.165) is 5.69 Å². The largest absolute Gasteiger partial charge is 0.490 e. The van der Waals surface area contributed by atoms with Crippen LogP contribution in [0.2, 0.25) is 5.02 Å². The molecule has 176 valence electrons. The summed E-state index contributed by atoms with van der Waals surface area (Å²) < 4.78 is 17.5. The maximum absolute atomic E-state index is 13.2. The van der Waals surface area contributed by atoms with Crippen molar-refractivity contribution in [2.24, 2.45) is 0 Å². The number of nitrogens with zero attached hydrogens (tertiary/aromatic N) is 3. The lowest BCUT2D eigenvalue weighted by Gasteiger charge is -2.43. The number of aryl methyl sites for hydroxylation is 1. The molecule has 1 atom stereocenters. The normalized spacial score (nSPS) is 21.0. The van der Waals surface area contributed by atoms with E-state index in [4.69, 9.17) is 25.8 Å². The van der Waals surface area contributed by atoms with E-state index in [0.29, 0.717) is 55.8 Å². The fraction of sp³-hybridized carbons (Fsp3) is 0.458. The van der Waals surface area contributed by atoms with E-state index in [1.165, 1.54) is 0 Å². The zero-order valence-electron chi connectivity index (χ0n) is 18.7. The van der Waals surface area contributed by atoms with Gasteiger partial charge in [-0.15, -0.1) is 0 Å². The number of halogens is 1. The highest BCUT2D eigenvalue weighted by Gasteiger charge is 2.42. The first-order chi connectivity index (χ1) is 15.9.